The van der Waals surface area contributed by atoms with Crippen LogP contribution in [0.4, 0.5) is 5.69 Å². The molecule has 42 heavy (non-hydrogen) atoms. The molecule has 0 amide bonds. The summed E-state index contributed by atoms with van der Waals surface area (Å²) in [4.78, 5) is 2.47. The maximum atomic E-state index is 6.94. The van der Waals surface area contributed by atoms with E-state index in [0.29, 0.717) is 34.7 Å². The summed E-state index contributed by atoms with van der Waals surface area (Å²) < 4.78 is 19.1. The predicted octanol–water partition coefficient (Wildman–Crippen LogP) is 9.42. The van der Waals surface area contributed by atoms with E-state index >= 15 is 0 Å². The summed E-state index contributed by atoms with van der Waals surface area (Å²) >= 11 is 0. The third kappa shape index (κ3) is 7.15. The number of nitrogen functional groups attached to an aromatic ring is 1. The number of hydrogen-bond acceptors (Lipinski definition) is 5. The molecule has 0 bridgehead atoms. The third-order valence-electron chi connectivity index (χ3n) is 8.75. The normalized spacial score (nSPS) is 14.4. The van der Waals surface area contributed by atoms with Crippen LogP contribution in [0.2, 0.25) is 16.6 Å². The molecule has 0 radical (unpaired) electrons. The van der Waals surface area contributed by atoms with E-state index < -0.39 is 8.32 Å². The Kier molecular flexibility index (Phi) is 10.7. The fourth-order valence-electron chi connectivity index (χ4n) is 6.79. The number of nitrogens with two attached hydrogens (primary N) is 1. The molecule has 1 aliphatic heterocycles. The van der Waals surface area contributed by atoms with E-state index in [1.54, 1.807) is 0 Å². The lowest BCUT2D eigenvalue weighted by Crippen LogP contribution is -2.50. The van der Waals surface area contributed by atoms with Crippen molar-refractivity contribution in [2.24, 2.45) is 0 Å². The van der Waals surface area contributed by atoms with E-state index in [2.05, 4.69) is 101 Å². The molecule has 1 fully saturated rings. The number of benzene rings is 3. The molecule has 4 rings (SSSR count). The summed E-state index contributed by atoms with van der Waals surface area (Å²) in [6.07, 6.45) is 2.63. The molecular formula is C36H52N2O3Si. The smallest absolute Gasteiger partial charge is 0.258 e. The van der Waals surface area contributed by atoms with Gasteiger partial charge >= 0.3 is 0 Å². The van der Waals surface area contributed by atoms with Gasteiger partial charge in [0.05, 0.1) is 11.8 Å². The van der Waals surface area contributed by atoms with Crippen molar-refractivity contribution in [3.63, 3.8) is 0 Å². The van der Waals surface area contributed by atoms with Gasteiger partial charge in [-0.05, 0) is 109 Å². The number of nitrogens with zero attached hydrogens (tertiary/aromatic N) is 1. The van der Waals surface area contributed by atoms with E-state index in [9.17, 15) is 0 Å². The maximum Gasteiger partial charge on any atom is 0.258 e. The van der Waals surface area contributed by atoms with E-state index in [0.717, 1.165) is 40.3 Å². The first-order valence-corrected chi connectivity index (χ1v) is 18.0. The van der Waals surface area contributed by atoms with Crippen molar-refractivity contribution in [1.29, 1.82) is 0 Å². The average molecular weight is 589 g/mol. The zero-order chi connectivity index (χ0) is 30.4. The van der Waals surface area contributed by atoms with Gasteiger partial charge in [-0.25, -0.2) is 0 Å². The molecule has 0 aromatic heterocycles. The van der Waals surface area contributed by atoms with Crippen LogP contribution in [0.15, 0.2) is 60.7 Å². The van der Waals surface area contributed by atoms with E-state index in [-0.39, 0.29) is 6.10 Å². The molecule has 5 nitrogen and oxygen atoms in total. The molecule has 1 aliphatic rings. The highest BCUT2D eigenvalue weighted by Gasteiger charge is 2.47. The lowest BCUT2D eigenvalue weighted by atomic mass is 9.92. The fraction of sp³-hybridized carbons (Fsp3) is 0.500. The number of rotatable bonds is 13. The molecular weight excluding hydrogens is 536 g/mol. The Morgan fingerprint density at radius 3 is 1.81 bits per heavy atom. The molecule has 0 atom stereocenters. The SMILES string of the molecule is CC(C)Oc1ccc(-c2ccc(OCCN3CCCC3)cc2)c(-c2ccc(O[Si](C(C)C)(C(C)C)C(C)C)cc2)c1N. The molecule has 228 valence electrons. The monoisotopic (exact) mass is 588 g/mol. The van der Waals surface area contributed by atoms with E-state index in [1.165, 1.54) is 25.9 Å². The van der Waals surface area contributed by atoms with Gasteiger partial charge in [0.15, 0.2) is 0 Å². The lowest BCUT2D eigenvalue weighted by molar-refractivity contribution is 0.238. The van der Waals surface area contributed by atoms with Gasteiger partial charge in [-0.15, -0.1) is 0 Å². The minimum Gasteiger partial charge on any atom is -0.543 e. The van der Waals surface area contributed by atoms with Gasteiger partial charge in [-0.2, -0.15) is 0 Å². The van der Waals surface area contributed by atoms with Crippen molar-refractivity contribution < 1.29 is 13.9 Å². The maximum absolute atomic E-state index is 6.94. The molecule has 2 N–H and O–H groups in total. The summed E-state index contributed by atoms with van der Waals surface area (Å²) in [5.74, 6) is 2.53. The molecule has 1 saturated heterocycles. The first-order chi connectivity index (χ1) is 20.0. The Bertz CT molecular complexity index is 1260. The van der Waals surface area contributed by atoms with Crippen molar-refractivity contribution in [1.82, 2.24) is 4.90 Å². The summed E-state index contributed by atoms with van der Waals surface area (Å²) in [7, 11) is -2.05. The lowest BCUT2D eigenvalue weighted by Gasteiger charge is -2.42. The van der Waals surface area contributed by atoms with Crippen LogP contribution in [-0.2, 0) is 0 Å². The first kappa shape index (κ1) is 32.0. The van der Waals surface area contributed by atoms with Gasteiger partial charge in [0.25, 0.3) is 8.32 Å². The third-order valence-corrected chi connectivity index (χ3v) is 14.8. The van der Waals surface area contributed by atoms with E-state index in [4.69, 9.17) is 19.6 Å². The summed E-state index contributed by atoms with van der Waals surface area (Å²) in [5.41, 5.74) is 13.2. The molecule has 3 aromatic carbocycles. The van der Waals surface area contributed by atoms with Gasteiger partial charge in [0.1, 0.15) is 23.9 Å². The molecule has 0 spiro atoms. The van der Waals surface area contributed by atoms with Crippen LogP contribution < -0.4 is 19.6 Å². The second-order valence-corrected chi connectivity index (χ2v) is 18.3. The molecule has 6 heteroatoms. The van der Waals surface area contributed by atoms with E-state index in [1.807, 2.05) is 19.9 Å². The van der Waals surface area contributed by atoms with Gasteiger partial charge in [0, 0.05) is 12.1 Å². The highest BCUT2D eigenvalue weighted by atomic mass is 28.4. The Morgan fingerprint density at radius 1 is 0.714 bits per heavy atom. The zero-order valence-electron chi connectivity index (χ0n) is 27.1. The number of hydrogen-bond donors (Lipinski definition) is 1. The fourth-order valence-corrected chi connectivity index (χ4v) is 12.0. The molecule has 0 unspecified atom stereocenters. The largest absolute Gasteiger partial charge is 0.543 e. The van der Waals surface area contributed by atoms with Crippen LogP contribution in [0.3, 0.4) is 0 Å². The van der Waals surface area contributed by atoms with Crippen LogP contribution in [0.5, 0.6) is 17.2 Å². The minimum absolute atomic E-state index is 0.0277. The van der Waals surface area contributed by atoms with Crippen molar-refractivity contribution in [2.45, 2.75) is 91.0 Å². The molecule has 0 aliphatic carbocycles. The standard InChI is InChI=1S/C36H52N2O3Si/c1-25(2)40-34-20-19-33(29-11-15-31(16-12-29)39-24-23-38-21-9-10-22-38)35(36(34)37)30-13-17-32(18-14-30)41-42(26(3)4,27(5)6)28(7)8/h11-20,25-28H,9-10,21-24,37H2,1-8H3. The Labute approximate surface area is 255 Å². The zero-order valence-corrected chi connectivity index (χ0v) is 28.1. The van der Waals surface area contributed by atoms with Crippen molar-refractivity contribution >= 4 is 14.0 Å². The summed E-state index contributed by atoms with van der Waals surface area (Å²) in [6, 6.07) is 21.0. The Hall–Kier alpha value is -2.96. The number of likely N-dealkylation sites (tertiary alicyclic amines) is 1. The second kappa shape index (κ2) is 14.0. The Balaban J connectivity index is 1.63. The minimum atomic E-state index is -2.05. The van der Waals surface area contributed by atoms with Crippen molar-refractivity contribution in [3.8, 4) is 39.5 Å². The molecule has 0 saturated carbocycles. The van der Waals surface area contributed by atoms with Gasteiger partial charge in [-0.3, -0.25) is 4.90 Å². The van der Waals surface area contributed by atoms with Gasteiger partial charge < -0.3 is 19.6 Å². The average Bonchev–Trinajstić information content (AvgIpc) is 3.46. The summed E-state index contributed by atoms with van der Waals surface area (Å²) in [6.45, 7) is 22.0. The Morgan fingerprint density at radius 2 is 1.26 bits per heavy atom. The van der Waals surface area contributed by atoms with Crippen LogP contribution >= 0.6 is 0 Å². The van der Waals surface area contributed by atoms with Crippen LogP contribution in [-0.4, -0.2) is 45.6 Å². The molecule has 1 heterocycles. The predicted molar refractivity (Wildman–Crippen MR) is 180 cm³/mol. The van der Waals surface area contributed by atoms with Crippen molar-refractivity contribution in [2.75, 3.05) is 32.0 Å². The quantitative estimate of drug-likeness (QED) is 0.159. The number of ether oxygens (including phenoxy) is 2. The number of anilines is 1. The molecule has 3 aromatic rings. The van der Waals surface area contributed by atoms with Gasteiger partial charge in [-0.1, -0.05) is 65.8 Å². The van der Waals surface area contributed by atoms with Crippen LogP contribution in [0.25, 0.3) is 22.3 Å². The summed E-state index contributed by atoms with van der Waals surface area (Å²) in [5, 5.41) is 0. The first-order valence-electron chi connectivity index (χ1n) is 15.9. The van der Waals surface area contributed by atoms with Gasteiger partial charge in [0.2, 0.25) is 0 Å². The van der Waals surface area contributed by atoms with Crippen LogP contribution in [0.1, 0.15) is 68.2 Å². The second-order valence-electron chi connectivity index (χ2n) is 12.9. The van der Waals surface area contributed by atoms with Crippen LogP contribution in [0, 0.1) is 0 Å². The topological polar surface area (TPSA) is 57.0 Å². The van der Waals surface area contributed by atoms with Crippen molar-refractivity contribution in [3.05, 3.63) is 60.7 Å². The highest BCUT2D eigenvalue weighted by molar-refractivity contribution is 6.78. The highest BCUT2D eigenvalue weighted by Crippen LogP contribution is 2.45.